The molecule has 4 heteroatoms. The molecule has 16 heavy (non-hydrogen) atoms. The van der Waals surface area contributed by atoms with E-state index in [9.17, 15) is 0 Å². The largest absolute Gasteiger partial charge is 0.379 e. The van der Waals surface area contributed by atoms with Gasteiger partial charge in [0, 0.05) is 29.8 Å². The molecular weight excluding hydrogens is 238 g/mol. The third kappa shape index (κ3) is 4.09. The predicted octanol–water partition coefficient (Wildman–Crippen LogP) is 2.66. The lowest BCUT2D eigenvalue weighted by atomic mass is 10.4. The number of nitrogens with zero attached hydrogens (tertiary/aromatic N) is 1. The average molecular weight is 257 g/mol. The first-order valence-electron chi connectivity index (χ1n) is 5.85. The highest BCUT2D eigenvalue weighted by Crippen LogP contribution is 2.28. The summed E-state index contributed by atoms with van der Waals surface area (Å²) in [6.07, 6.45) is 2.72. The van der Waals surface area contributed by atoms with Crippen molar-refractivity contribution in [2.45, 2.75) is 25.4 Å². The van der Waals surface area contributed by atoms with Crippen LogP contribution in [0, 0.1) is 0 Å². The van der Waals surface area contributed by atoms with Gasteiger partial charge in [0.2, 0.25) is 0 Å². The highest BCUT2D eigenvalue weighted by Gasteiger charge is 2.28. The Bertz CT molecular complexity index is 285. The van der Waals surface area contributed by atoms with Crippen molar-refractivity contribution in [2.75, 3.05) is 25.5 Å². The van der Waals surface area contributed by atoms with Crippen molar-refractivity contribution in [3.05, 3.63) is 22.4 Å². The third-order valence-corrected chi connectivity index (χ3v) is 3.80. The smallest absolute Gasteiger partial charge is 0.0594 e. The molecule has 90 valence electrons. The van der Waals surface area contributed by atoms with Gasteiger partial charge in [-0.2, -0.15) is 12.6 Å². The summed E-state index contributed by atoms with van der Waals surface area (Å²) in [5.41, 5.74) is 0. The normalized spacial score (nSPS) is 15.9. The molecule has 1 aromatic rings. The lowest BCUT2D eigenvalue weighted by Gasteiger charge is -2.20. The second-order valence-electron chi connectivity index (χ2n) is 4.12. The maximum atomic E-state index is 5.50. The fourth-order valence-electron chi connectivity index (χ4n) is 1.78. The van der Waals surface area contributed by atoms with Crippen LogP contribution in [0.1, 0.15) is 17.7 Å². The Morgan fingerprint density at radius 2 is 2.31 bits per heavy atom. The molecule has 0 N–H and O–H groups in total. The number of rotatable bonds is 8. The highest BCUT2D eigenvalue weighted by atomic mass is 32.1. The van der Waals surface area contributed by atoms with Crippen molar-refractivity contribution in [1.82, 2.24) is 4.90 Å². The van der Waals surface area contributed by atoms with E-state index in [1.807, 2.05) is 11.3 Å². The van der Waals surface area contributed by atoms with Crippen LogP contribution in [0.5, 0.6) is 0 Å². The molecule has 0 bridgehead atoms. The Balaban J connectivity index is 1.72. The quantitative estimate of drug-likeness (QED) is 0.568. The maximum Gasteiger partial charge on any atom is 0.0594 e. The van der Waals surface area contributed by atoms with Crippen molar-refractivity contribution in [2.24, 2.45) is 0 Å². The minimum absolute atomic E-state index is 0.765. The van der Waals surface area contributed by atoms with E-state index in [1.54, 1.807) is 0 Å². The summed E-state index contributed by atoms with van der Waals surface area (Å²) in [6, 6.07) is 5.15. The number of ether oxygens (including phenoxy) is 1. The van der Waals surface area contributed by atoms with Crippen molar-refractivity contribution in [3.8, 4) is 0 Å². The summed E-state index contributed by atoms with van der Waals surface area (Å²) < 4.78 is 5.50. The standard InChI is InChI=1S/C12H19NOS2/c15-8-7-14-6-5-13(11-3-4-11)10-12-2-1-9-16-12/h1-2,9,11,15H,3-8,10H2. The summed E-state index contributed by atoms with van der Waals surface area (Å²) >= 11 is 5.98. The van der Waals surface area contributed by atoms with Gasteiger partial charge in [0.15, 0.2) is 0 Å². The Labute approximate surface area is 107 Å². The zero-order valence-electron chi connectivity index (χ0n) is 9.47. The molecule has 1 saturated carbocycles. The average Bonchev–Trinajstić information content (AvgIpc) is 3.02. The van der Waals surface area contributed by atoms with Gasteiger partial charge in [-0.1, -0.05) is 6.07 Å². The summed E-state index contributed by atoms with van der Waals surface area (Å²) in [5, 5.41) is 2.15. The topological polar surface area (TPSA) is 12.5 Å². The monoisotopic (exact) mass is 257 g/mol. The van der Waals surface area contributed by atoms with Crippen LogP contribution in [0.2, 0.25) is 0 Å². The molecule has 0 saturated heterocycles. The molecule has 1 heterocycles. The van der Waals surface area contributed by atoms with Crippen LogP contribution in [0.25, 0.3) is 0 Å². The van der Waals surface area contributed by atoms with E-state index >= 15 is 0 Å². The van der Waals surface area contributed by atoms with E-state index in [0.29, 0.717) is 0 Å². The Morgan fingerprint density at radius 3 is 2.94 bits per heavy atom. The third-order valence-electron chi connectivity index (χ3n) is 2.76. The second kappa shape index (κ2) is 6.64. The van der Waals surface area contributed by atoms with Crippen LogP contribution < -0.4 is 0 Å². The first-order valence-corrected chi connectivity index (χ1v) is 7.36. The number of hydrogen-bond acceptors (Lipinski definition) is 4. The molecule has 0 amide bonds. The van der Waals surface area contributed by atoms with Crippen molar-refractivity contribution in [1.29, 1.82) is 0 Å². The fourth-order valence-corrected chi connectivity index (χ4v) is 2.64. The van der Waals surface area contributed by atoms with Crippen LogP contribution in [-0.4, -0.2) is 36.5 Å². The predicted molar refractivity (Wildman–Crippen MR) is 72.4 cm³/mol. The van der Waals surface area contributed by atoms with E-state index in [4.69, 9.17) is 4.74 Å². The van der Waals surface area contributed by atoms with Crippen LogP contribution in [0.4, 0.5) is 0 Å². The van der Waals surface area contributed by atoms with Crippen LogP contribution in [0.15, 0.2) is 17.5 Å². The highest BCUT2D eigenvalue weighted by molar-refractivity contribution is 7.80. The molecule has 1 aliphatic rings. The molecule has 1 aromatic heterocycles. The van der Waals surface area contributed by atoms with E-state index in [1.165, 1.54) is 17.7 Å². The van der Waals surface area contributed by atoms with Gasteiger partial charge in [0.25, 0.3) is 0 Å². The van der Waals surface area contributed by atoms with E-state index in [0.717, 1.165) is 38.1 Å². The fraction of sp³-hybridized carbons (Fsp3) is 0.667. The summed E-state index contributed by atoms with van der Waals surface area (Å²) in [7, 11) is 0. The molecule has 2 nitrogen and oxygen atoms in total. The summed E-state index contributed by atoms with van der Waals surface area (Å²) in [5.74, 6) is 0.814. The molecule has 2 rings (SSSR count). The lowest BCUT2D eigenvalue weighted by molar-refractivity contribution is 0.110. The van der Waals surface area contributed by atoms with Crippen LogP contribution in [-0.2, 0) is 11.3 Å². The van der Waals surface area contributed by atoms with Gasteiger partial charge in [-0.05, 0) is 24.3 Å². The van der Waals surface area contributed by atoms with Crippen LogP contribution >= 0.6 is 24.0 Å². The molecular formula is C12H19NOS2. The minimum atomic E-state index is 0.765. The molecule has 0 aromatic carbocycles. The van der Waals surface area contributed by atoms with E-state index < -0.39 is 0 Å². The Morgan fingerprint density at radius 1 is 1.44 bits per heavy atom. The molecule has 0 aliphatic heterocycles. The SMILES string of the molecule is SCCOCCN(Cc1cccs1)C1CC1. The Kier molecular flexibility index (Phi) is 5.16. The van der Waals surface area contributed by atoms with Gasteiger partial charge < -0.3 is 4.74 Å². The molecule has 1 aliphatic carbocycles. The summed E-state index contributed by atoms with van der Waals surface area (Å²) in [4.78, 5) is 4.01. The first kappa shape index (κ1) is 12.4. The van der Waals surface area contributed by atoms with Crippen molar-refractivity contribution in [3.63, 3.8) is 0 Å². The Hall–Kier alpha value is -0.0300. The van der Waals surface area contributed by atoms with Gasteiger partial charge in [-0.15, -0.1) is 11.3 Å². The van der Waals surface area contributed by atoms with Crippen LogP contribution in [0.3, 0.4) is 0 Å². The molecule has 0 atom stereocenters. The zero-order valence-corrected chi connectivity index (χ0v) is 11.2. The molecule has 0 spiro atoms. The number of thiophene rings is 1. The lowest BCUT2D eigenvalue weighted by Crippen LogP contribution is -2.29. The molecule has 0 unspecified atom stereocenters. The van der Waals surface area contributed by atoms with Crippen molar-refractivity contribution >= 4 is 24.0 Å². The van der Waals surface area contributed by atoms with Gasteiger partial charge in [0.05, 0.1) is 13.2 Å². The number of thiol groups is 1. The minimum Gasteiger partial charge on any atom is -0.379 e. The van der Waals surface area contributed by atoms with E-state index in [-0.39, 0.29) is 0 Å². The maximum absolute atomic E-state index is 5.50. The van der Waals surface area contributed by atoms with Gasteiger partial charge in [-0.25, -0.2) is 0 Å². The summed E-state index contributed by atoms with van der Waals surface area (Å²) in [6.45, 7) is 3.74. The molecule has 0 radical (unpaired) electrons. The van der Waals surface area contributed by atoms with E-state index in [2.05, 4.69) is 35.0 Å². The molecule has 1 fully saturated rings. The van der Waals surface area contributed by atoms with Gasteiger partial charge in [0.1, 0.15) is 0 Å². The first-order chi connectivity index (χ1) is 7.90. The van der Waals surface area contributed by atoms with Crippen molar-refractivity contribution < 1.29 is 4.74 Å². The number of hydrogen-bond donors (Lipinski definition) is 1. The zero-order chi connectivity index (χ0) is 11.2. The van der Waals surface area contributed by atoms with Gasteiger partial charge in [-0.3, -0.25) is 4.90 Å². The van der Waals surface area contributed by atoms with Gasteiger partial charge >= 0.3 is 0 Å². The second-order valence-corrected chi connectivity index (χ2v) is 5.60.